The summed E-state index contributed by atoms with van der Waals surface area (Å²) < 4.78 is 0. The molecule has 1 aromatic rings. The van der Waals surface area contributed by atoms with Crippen molar-refractivity contribution in [2.45, 2.75) is 26.3 Å². The fraction of sp³-hybridized carbons (Fsp3) is 0.500. The molecule has 116 valence electrons. The third kappa shape index (κ3) is 5.26. The predicted molar refractivity (Wildman–Crippen MR) is 87.2 cm³/mol. The van der Waals surface area contributed by atoms with Gasteiger partial charge in [0.05, 0.1) is 4.92 Å². The summed E-state index contributed by atoms with van der Waals surface area (Å²) in [6.07, 6.45) is 2.94. The Balaban J connectivity index is 2.94. The van der Waals surface area contributed by atoms with Crippen molar-refractivity contribution in [3.8, 4) is 0 Å². The SMILES string of the molecule is CCNC(=O)c1ccc(NC(C)CCSC)c([N+](=O)[O-])c1. The Morgan fingerprint density at radius 3 is 2.76 bits per heavy atom. The molecule has 1 unspecified atom stereocenters. The molecule has 0 aliphatic carbocycles. The molecule has 0 aliphatic heterocycles. The number of rotatable bonds is 8. The number of hydrogen-bond acceptors (Lipinski definition) is 5. The van der Waals surface area contributed by atoms with Crippen LogP contribution < -0.4 is 10.6 Å². The highest BCUT2D eigenvalue weighted by Gasteiger charge is 2.18. The average Bonchev–Trinajstić information content (AvgIpc) is 2.45. The first-order valence-electron chi connectivity index (χ1n) is 6.81. The van der Waals surface area contributed by atoms with E-state index in [0.29, 0.717) is 17.8 Å². The lowest BCUT2D eigenvalue weighted by molar-refractivity contribution is -0.384. The first-order valence-corrected chi connectivity index (χ1v) is 8.21. The quantitative estimate of drug-likeness (QED) is 0.569. The summed E-state index contributed by atoms with van der Waals surface area (Å²) in [5.74, 6) is 0.682. The Kier molecular flexibility index (Phi) is 7.01. The number of carbonyl (C=O) groups excluding carboxylic acids is 1. The van der Waals surface area contributed by atoms with Crippen LogP contribution >= 0.6 is 11.8 Å². The Morgan fingerprint density at radius 1 is 1.48 bits per heavy atom. The predicted octanol–water partition coefficient (Wildman–Crippen LogP) is 2.90. The molecular formula is C14H21N3O3S. The fourth-order valence-corrected chi connectivity index (χ4v) is 2.43. The maximum atomic E-state index is 11.7. The van der Waals surface area contributed by atoms with E-state index in [1.165, 1.54) is 6.07 Å². The lowest BCUT2D eigenvalue weighted by Gasteiger charge is -2.15. The van der Waals surface area contributed by atoms with Crippen LogP contribution in [0.3, 0.4) is 0 Å². The Morgan fingerprint density at radius 2 is 2.19 bits per heavy atom. The van der Waals surface area contributed by atoms with Gasteiger partial charge in [-0.1, -0.05) is 0 Å². The summed E-state index contributed by atoms with van der Waals surface area (Å²) in [5, 5.41) is 16.9. The summed E-state index contributed by atoms with van der Waals surface area (Å²) in [7, 11) is 0. The second-order valence-corrected chi connectivity index (χ2v) is 5.66. The summed E-state index contributed by atoms with van der Waals surface area (Å²) in [6.45, 7) is 4.27. The normalized spacial score (nSPS) is 11.8. The molecule has 0 fully saturated rings. The van der Waals surface area contributed by atoms with Crippen LogP contribution in [0.15, 0.2) is 18.2 Å². The van der Waals surface area contributed by atoms with E-state index in [9.17, 15) is 14.9 Å². The Labute approximate surface area is 128 Å². The first-order chi connectivity index (χ1) is 9.99. The molecule has 0 heterocycles. The standard InChI is InChI=1S/C14H21N3O3S/c1-4-15-14(18)11-5-6-12(13(9-11)17(19)20)16-10(2)7-8-21-3/h5-6,9-10,16H,4,7-8H2,1-3H3,(H,15,18). The number of nitrogens with one attached hydrogen (secondary N) is 2. The lowest BCUT2D eigenvalue weighted by Crippen LogP contribution is -2.23. The van der Waals surface area contributed by atoms with E-state index in [1.807, 2.05) is 13.2 Å². The van der Waals surface area contributed by atoms with Crippen LogP contribution in [-0.2, 0) is 0 Å². The van der Waals surface area contributed by atoms with Crippen molar-refractivity contribution in [3.05, 3.63) is 33.9 Å². The minimum Gasteiger partial charge on any atom is -0.377 e. The zero-order chi connectivity index (χ0) is 15.8. The van der Waals surface area contributed by atoms with Crippen LogP contribution in [0.2, 0.25) is 0 Å². The summed E-state index contributed by atoms with van der Waals surface area (Å²) in [5.41, 5.74) is 0.669. The minimum absolute atomic E-state index is 0.0743. The van der Waals surface area contributed by atoms with Crippen molar-refractivity contribution in [1.29, 1.82) is 0 Å². The number of amides is 1. The van der Waals surface area contributed by atoms with E-state index in [2.05, 4.69) is 10.6 Å². The van der Waals surface area contributed by atoms with E-state index in [-0.39, 0.29) is 17.6 Å². The lowest BCUT2D eigenvalue weighted by atomic mass is 10.1. The molecule has 0 saturated heterocycles. The molecule has 0 radical (unpaired) electrons. The van der Waals surface area contributed by atoms with Gasteiger partial charge in [0.25, 0.3) is 11.6 Å². The van der Waals surface area contributed by atoms with Crippen LogP contribution in [0.1, 0.15) is 30.6 Å². The maximum Gasteiger partial charge on any atom is 0.293 e. The molecule has 0 saturated carbocycles. The van der Waals surface area contributed by atoms with Gasteiger partial charge in [-0.15, -0.1) is 0 Å². The van der Waals surface area contributed by atoms with Crippen molar-refractivity contribution in [1.82, 2.24) is 5.32 Å². The molecule has 7 heteroatoms. The second kappa shape index (κ2) is 8.51. The van der Waals surface area contributed by atoms with Gasteiger partial charge < -0.3 is 10.6 Å². The van der Waals surface area contributed by atoms with Gasteiger partial charge in [-0.05, 0) is 44.4 Å². The third-order valence-electron chi connectivity index (χ3n) is 2.95. The first kappa shape index (κ1) is 17.3. The molecule has 1 rings (SSSR count). The molecule has 0 aliphatic rings. The fourth-order valence-electron chi connectivity index (χ4n) is 1.84. The van der Waals surface area contributed by atoms with E-state index in [1.54, 1.807) is 30.8 Å². The van der Waals surface area contributed by atoms with Gasteiger partial charge >= 0.3 is 0 Å². The Bertz CT molecular complexity index is 508. The van der Waals surface area contributed by atoms with Crippen LogP contribution in [0.25, 0.3) is 0 Å². The van der Waals surface area contributed by atoms with Gasteiger partial charge in [0, 0.05) is 24.2 Å². The number of nitrogens with zero attached hydrogens (tertiary/aromatic N) is 1. The number of carbonyl (C=O) groups is 1. The second-order valence-electron chi connectivity index (χ2n) is 4.68. The van der Waals surface area contributed by atoms with Crippen molar-refractivity contribution < 1.29 is 9.72 Å². The van der Waals surface area contributed by atoms with Gasteiger partial charge in [-0.25, -0.2) is 0 Å². The number of hydrogen-bond donors (Lipinski definition) is 2. The number of benzene rings is 1. The highest BCUT2D eigenvalue weighted by molar-refractivity contribution is 7.98. The van der Waals surface area contributed by atoms with Crippen molar-refractivity contribution in [2.24, 2.45) is 0 Å². The molecule has 2 N–H and O–H groups in total. The number of anilines is 1. The van der Waals surface area contributed by atoms with Crippen molar-refractivity contribution >= 4 is 29.0 Å². The van der Waals surface area contributed by atoms with E-state index < -0.39 is 4.92 Å². The van der Waals surface area contributed by atoms with E-state index in [4.69, 9.17) is 0 Å². The summed E-state index contributed by atoms with van der Waals surface area (Å²) in [6, 6.07) is 4.64. The highest BCUT2D eigenvalue weighted by atomic mass is 32.2. The minimum atomic E-state index is -0.466. The van der Waals surface area contributed by atoms with Gasteiger partial charge in [0.1, 0.15) is 5.69 Å². The topological polar surface area (TPSA) is 84.3 Å². The molecule has 0 bridgehead atoms. The van der Waals surface area contributed by atoms with Crippen LogP contribution in [0, 0.1) is 10.1 Å². The number of nitro benzene ring substituents is 1. The molecular weight excluding hydrogens is 290 g/mol. The molecule has 1 amide bonds. The molecule has 1 atom stereocenters. The van der Waals surface area contributed by atoms with Gasteiger partial charge in [-0.2, -0.15) is 11.8 Å². The molecule has 0 aromatic heterocycles. The molecule has 21 heavy (non-hydrogen) atoms. The third-order valence-corrected chi connectivity index (χ3v) is 3.59. The average molecular weight is 311 g/mol. The van der Waals surface area contributed by atoms with E-state index >= 15 is 0 Å². The largest absolute Gasteiger partial charge is 0.377 e. The molecule has 0 spiro atoms. The smallest absolute Gasteiger partial charge is 0.293 e. The van der Waals surface area contributed by atoms with Crippen LogP contribution in [0.5, 0.6) is 0 Å². The van der Waals surface area contributed by atoms with Crippen molar-refractivity contribution in [3.63, 3.8) is 0 Å². The Hall–Kier alpha value is -1.76. The van der Waals surface area contributed by atoms with Gasteiger partial charge in [0.2, 0.25) is 0 Å². The molecule has 6 nitrogen and oxygen atoms in total. The zero-order valence-electron chi connectivity index (χ0n) is 12.5. The zero-order valence-corrected chi connectivity index (χ0v) is 13.3. The summed E-state index contributed by atoms with van der Waals surface area (Å²) >= 11 is 1.74. The van der Waals surface area contributed by atoms with Crippen molar-refractivity contribution in [2.75, 3.05) is 23.9 Å². The van der Waals surface area contributed by atoms with Gasteiger partial charge in [-0.3, -0.25) is 14.9 Å². The number of nitro groups is 1. The van der Waals surface area contributed by atoms with E-state index in [0.717, 1.165) is 12.2 Å². The highest BCUT2D eigenvalue weighted by Crippen LogP contribution is 2.26. The summed E-state index contributed by atoms with van der Waals surface area (Å²) in [4.78, 5) is 22.5. The van der Waals surface area contributed by atoms with Crippen LogP contribution in [0.4, 0.5) is 11.4 Å². The van der Waals surface area contributed by atoms with Crippen LogP contribution in [-0.4, -0.2) is 35.4 Å². The molecule has 1 aromatic carbocycles. The monoisotopic (exact) mass is 311 g/mol. The van der Waals surface area contributed by atoms with Gasteiger partial charge in [0.15, 0.2) is 0 Å². The maximum absolute atomic E-state index is 11.7. The number of thioether (sulfide) groups is 1.